The number of rotatable bonds is 1. The highest BCUT2D eigenvalue weighted by Crippen LogP contribution is 2.31. The molecule has 0 saturated carbocycles. The molecule has 0 unspecified atom stereocenters. The first-order chi connectivity index (χ1) is 6.74. The fourth-order valence-electron chi connectivity index (χ4n) is 1.77. The van der Waals surface area contributed by atoms with E-state index in [-0.39, 0.29) is 5.56 Å². The third-order valence-corrected chi connectivity index (χ3v) is 2.46. The number of fused-ring (bicyclic) bond motifs is 1. The van der Waals surface area contributed by atoms with Gasteiger partial charge in [0.05, 0.1) is 12.2 Å². The Balaban J connectivity index is 2.65. The smallest absolute Gasteiger partial charge is 0.156 e. The van der Waals surface area contributed by atoms with Gasteiger partial charge < -0.3 is 4.74 Å². The fourth-order valence-corrected chi connectivity index (χ4v) is 1.77. The maximum atomic E-state index is 13.5. The monoisotopic (exact) mass is 194 g/mol. The predicted molar refractivity (Wildman–Crippen MR) is 50.3 cm³/mol. The van der Waals surface area contributed by atoms with Gasteiger partial charge in [-0.25, -0.2) is 4.39 Å². The Morgan fingerprint density at radius 1 is 1.57 bits per heavy atom. The molecule has 0 bridgehead atoms. The van der Waals surface area contributed by atoms with Crippen LogP contribution in [0.5, 0.6) is 5.75 Å². The summed E-state index contributed by atoms with van der Waals surface area (Å²) in [5, 5.41) is 0. The van der Waals surface area contributed by atoms with E-state index in [1.54, 1.807) is 13.0 Å². The topological polar surface area (TPSA) is 26.3 Å². The van der Waals surface area contributed by atoms with Crippen LogP contribution in [0.1, 0.15) is 27.9 Å². The highest BCUT2D eigenvalue weighted by molar-refractivity contribution is 5.81. The largest absolute Gasteiger partial charge is 0.492 e. The number of aryl methyl sites for hydroxylation is 2. The summed E-state index contributed by atoms with van der Waals surface area (Å²) in [6, 6.07) is 1.76. The van der Waals surface area contributed by atoms with E-state index in [1.807, 2.05) is 0 Å². The van der Waals surface area contributed by atoms with Crippen molar-refractivity contribution in [3.8, 4) is 5.75 Å². The first-order valence-corrected chi connectivity index (χ1v) is 4.64. The van der Waals surface area contributed by atoms with Gasteiger partial charge in [0, 0.05) is 0 Å². The van der Waals surface area contributed by atoms with Crippen molar-refractivity contribution in [3.05, 3.63) is 28.6 Å². The second-order valence-electron chi connectivity index (χ2n) is 3.48. The molecule has 0 radical (unpaired) electrons. The van der Waals surface area contributed by atoms with Crippen LogP contribution in [0.3, 0.4) is 0 Å². The van der Waals surface area contributed by atoms with Crippen LogP contribution in [-0.4, -0.2) is 12.9 Å². The second-order valence-corrected chi connectivity index (χ2v) is 3.48. The van der Waals surface area contributed by atoms with E-state index in [4.69, 9.17) is 4.74 Å². The highest BCUT2D eigenvalue weighted by Gasteiger charge is 2.19. The van der Waals surface area contributed by atoms with E-state index in [2.05, 4.69) is 0 Å². The number of ether oxygens (including phenoxy) is 1. The maximum Gasteiger partial charge on any atom is 0.156 e. The van der Waals surface area contributed by atoms with Gasteiger partial charge in [-0.15, -0.1) is 0 Å². The van der Waals surface area contributed by atoms with Crippen molar-refractivity contribution in [3.63, 3.8) is 0 Å². The number of benzene rings is 1. The van der Waals surface area contributed by atoms with Gasteiger partial charge >= 0.3 is 0 Å². The molecular formula is C11H11FO2. The third kappa shape index (κ3) is 1.29. The molecule has 0 fully saturated rings. The number of aldehydes is 1. The Kier molecular flexibility index (Phi) is 2.23. The van der Waals surface area contributed by atoms with E-state index in [1.165, 1.54) is 0 Å². The van der Waals surface area contributed by atoms with Crippen LogP contribution in [0.2, 0.25) is 0 Å². The standard InChI is InChI=1S/C11H11FO2/c1-7-5-8-3-2-4-14-11(8)9(6-13)10(7)12/h5-6H,2-4H2,1H3. The van der Waals surface area contributed by atoms with Gasteiger partial charge in [0.1, 0.15) is 11.6 Å². The van der Waals surface area contributed by atoms with Crippen molar-refractivity contribution >= 4 is 6.29 Å². The van der Waals surface area contributed by atoms with Crippen molar-refractivity contribution < 1.29 is 13.9 Å². The normalized spacial score (nSPS) is 14.4. The number of carbonyl (C=O) groups excluding carboxylic acids is 1. The third-order valence-electron chi connectivity index (χ3n) is 2.46. The summed E-state index contributed by atoms with van der Waals surface area (Å²) in [6.45, 7) is 2.23. The van der Waals surface area contributed by atoms with Gasteiger partial charge in [-0.2, -0.15) is 0 Å². The molecule has 3 heteroatoms. The van der Waals surface area contributed by atoms with Crippen LogP contribution in [0, 0.1) is 12.7 Å². The van der Waals surface area contributed by atoms with Gasteiger partial charge in [0.15, 0.2) is 6.29 Å². The molecule has 0 aromatic heterocycles. The molecule has 2 nitrogen and oxygen atoms in total. The lowest BCUT2D eigenvalue weighted by Gasteiger charge is -2.19. The van der Waals surface area contributed by atoms with E-state index in [0.29, 0.717) is 24.2 Å². The summed E-state index contributed by atoms with van der Waals surface area (Å²) in [5.41, 5.74) is 1.52. The number of halogens is 1. The molecular weight excluding hydrogens is 183 g/mol. The number of hydrogen-bond acceptors (Lipinski definition) is 2. The van der Waals surface area contributed by atoms with Crippen molar-refractivity contribution in [1.29, 1.82) is 0 Å². The van der Waals surface area contributed by atoms with E-state index in [9.17, 15) is 9.18 Å². The van der Waals surface area contributed by atoms with Crippen LogP contribution in [0.25, 0.3) is 0 Å². The maximum absolute atomic E-state index is 13.5. The molecule has 1 aliphatic rings. The summed E-state index contributed by atoms with van der Waals surface area (Å²) in [6.07, 6.45) is 2.32. The van der Waals surface area contributed by atoms with Gasteiger partial charge in [0.25, 0.3) is 0 Å². The summed E-state index contributed by atoms with van der Waals surface area (Å²) >= 11 is 0. The molecule has 0 saturated heterocycles. The van der Waals surface area contributed by atoms with Crippen molar-refractivity contribution in [1.82, 2.24) is 0 Å². The average molecular weight is 194 g/mol. The Labute approximate surface area is 81.7 Å². The Bertz CT molecular complexity index is 385. The van der Waals surface area contributed by atoms with Crippen molar-refractivity contribution in [2.45, 2.75) is 19.8 Å². The van der Waals surface area contributed by atoms with E-state index >= 15 is 0 Å². The lowest BCUT2D eigenvalue weighted by atomic mass is 9.99. The Morgan fingerprint density at radius 2 is 2.36 bits per heavy atom. The van der Waals surface area contributed by atoms with Crippen LogP contribution in [0.4, 0.5) is 4.39 Å². The molecule has 0 atom stereocenters. The minimum Gasteiger partial charge on any atom is -0.492 e. The molecule has 14 heavy (non-hydrogen) atoms. The van der Waals surface area contributed by atoms with E-state index in [0.717, 1.165) is 18.4 Å². The van der Waals surface area contributed by atoms with Crippen molar-refractivity contribution in [2.75, 3.05) is 6.61 Å². The van der Waals surface area contributed by atoms with Gasteiger partial charge in [-0.05, 0) is 37.0 Å². The quantitative estimate of drug-likeness (QED) is 0.641. The average Bonchev–Trinajstić information content (AvgIpc) is 2.20. The second kappa shape index (κ2) is 3.40. The molecule has 1 aliphatic heterocycles. The molecule has 74 valence electrons. The zero-order valence-corrected chi connectivity index (χ0v) is 7.97. The summed E-state index contributed by atoms with van der Waals surface area (Å²) in [7, 11) is 0. The summed E-state index contributed by atoms with van der Waals surface area (Å²) < 4.78 is 18.8. The summed E-state index contributed by atoms with van der Waals surface area (Å²) in [5.74, 6) is -0.0185. The lowest BCUT2D eigenvalue weighted by molar-refractivity contribution is 0.111. The number of hydrogen-bond donors (Lipinski definition) is 0. The Morgan fingerprint density at radius 3 is 3.07 bits per heavy atom. The van der Waals surface area contributed by atoms with Crippen LogP contribution < -0.4 is 4.74 Å². The zero-order valence-electron chi connectivity index (χ0n) is 7.97. The first kappa shape index (κ1) is 9.19. The van der Waals surface area contributed by atoms with Crippen LogP contribution in [-0.2, 0) is 6.42 Å². The van der Waals surface area contributed by atoms with Crippen LogP contribution >= 0.6 is 0 Å². The molecule has 0 amide bonds. The SMILES string of the molecule is Cc1cc2c(c(C=O)c1F)OCCC2. The van der Waals surface area contributed by atoms with Crippen LogP contribution in [0.15, 0.2) is 6.07 Å². The minimum absolute atomic E-state index is 0.0692. The van der Waals surface area contributed by atoms with Gasteiger partial charge in [-0.1, -0.05) is 0 Å². The van der Waals surface area contributed by atoms with Gasteiger partial charge in [0.2, 0.25) is 0 Å². The Hall–Kier alpha value is -1.38. The summed E-state index contributed by atoms with van der Waals surface area (Å²) in [4.78, 5) is 10.7. The number of carbonyl (C=O) groups is 1. The first-order valence-electron chi connectivity index (χ1n) is 4.64. The fraction of sp³-hybridized carbons (Fsp3) is 0.364. The molecule has 0 spiro atoms. The predicted octanol–water partition coefficient (Wildman–Crippen LogP) is 2.27. The lowest BCUT2D eigenvalue weighted by Crippen LogP contribution is -2.12. The molecule has 1 heterocycles. The minimum atomic E-state index is -0.458. The molecule has 2 rings (SSSR count). The van der Waals surface area contributed by atoms with Crippen molar-refractivity contribution in [2.24, 2.45) is 0 Å². The molecule has 0 aliphatic carbocycles. The van der Waals surface area contributed by atoms with Gasteiger partial charge in [-0.3, -0.25) is 4.79 Å². The van der Waals surface area contributed by atoms with E-state index < -0.39 is 5.82 Å². The zero-order chi connectivity index (χ0) is 10.1. The molecule has 1 aromatic carbocycles. The molecule has 0 N–H and O–H groups in total. The highest BCUT2D eigenvalue weighted by atomic mass is 19.1. The molecule has 1 aromatic rings.